The number of hydrazone groups is 1. The lowest BCUT2D eigenvalue weighted by Gasteiger charge is -2.10. The molecular formula is C24H19Cl3N4OS. The van der Waals surface area contributed by atoms with E-state index in [1.54, 1.807) is 25.1 Å². The molecule has 1 aromatic heterocycles. The first kappa shape index (κ1) is 23.6. The van der Waals surface area contributed by atoms with Gasteiger partial charge in [-0.2, -0.15) is 5.10 Å². The van der Waals surface area contributed by atoms with E-state index in [1.807, 2.05) is 48.5 Å². The Hall–Kier alpha value is -2.51. The number of fused-ring (bicyclic) bond motifs is 1. The summed E-state index contributed by atoms with van der Waals surface area (Å²) < 4.78 is 2.07. The molecule has 0 fully saturated rings. The number of hydrogen-bond acceptors (Lipinski definition) is 4. The highest BCUT2D eigenvalue weighted by Crippen LogP contribution is 2.27. The SMILES string of the molecule is C/C(=N/NC(=O)CSc1nc2ccccc2n1Cc1ccccc1Cl)c1ccc(Cl)c(Cl)c1. The first-order valence-electron chi connectivity index (χ1n) is 10.0. The second-order valence-electron chi connectivity index (χ2n) is 7.21. The molecule has 168 valence electrons. The summed E-state index contributed by atoms with van der Waals surface area (Å²) in [5.74, 6) is -0.0833. The van der Waals surface area contributed by atoms with Crippen molar-refractivity contribution in [3.63, 3.8) is 0 Å². The van der Waals surface area contributed by atoms with Crippen LogP contribution in [0.15, 0.2) is 77.0 Å². The molecule has 4 aromatic rings. The fourth-order valence-electron chi connectivity index (χ4n) is 3.21. The number of benzene rings is 3. The molecule has 0 aliphatic rings. The molecule has 9 heteroatoms. The topological polar surface area (TPSA) is 59.3 Å². The van der Waals surface area contributed by atoms with Gasteiger partial charge in [0.2, 0.25) is 0 Å². The first-order valence-corrected chi connectivity index (χ1v) is 12.1. The van der Waals surface area contributed by atoms with Gasteiger partial charge in [-0.1, -0.05) is 83.0 Å². The number of halogens is 3. The fraction of sp³-hybridized carbons (Fsp3) is 0.125. The maximum absolute atomic E-state index is 12.5. The molecule has 0 aliphatic carbocycles. The Morgan fingerprint density at radius 1 is 1.00 bits per heavy atom. The molecule has 4 rings (SSSR count). The minimum absolute atomic E-state index is 0.157. The molecule has 3 aromatic carbocycles. The van der Waals surface area contributed by atoms with Crippen LogP contribution in [-0.2, 0) is 11.3 Å². The Labute approximate surface area is 210 Å². The van der Waals surface area contributed by atoms with E-state index < -0.39 is 0 Å². The van der Waals surface area contributed by atoms with Crippen molar-refractivity contribution in [1.82, 2.24) is 15.0 Å². The number of nitrogens with one attached hydrogen (secondary N) is 1. The summed E-state index contributed by atoms with van der Waals surface area (Å²) in [5, 5.41) is 6.50. The summed E-state index contributed by atoms with van der Waals surface area (Å²) in [6, 6.07) is 20.8. The molecule has 0 radical (unpaired) electrons. The predicted octanol–water partition coefficient (Wildman–Crippen LogP) is 6.68. The maximum atomic E-state index is 12.5. The van der Waals surface area contributed by atoms with Gasteiger partial charge in [-0.05, 0) is 48.4 Å². The van der Waals surface area contributed by atoms with Crippen molar-refractivity contribution in [1.29, 1.82) is 0 Å². The fourth-order valence-corrected chi connectivity index (χ4v) is 4.51. The minimum Gasteiger partial charge on any atom is -0.314 e. The molecule has 1 amide bonds. The molecule has 33 heavy (non-hydrogen) atoms. The van der Waals surface area contributed by atoms with Crippen LogP contribution in [0.1, 0.15) is 18.1 Å². The summed E-state index contributed by atoms with van der Waals surface area (Å²) in [7, 11) is 0. The first-order chi connectivity index (χ1) is 15.9. The van der Waals surface area contributed by atoms with Crippen LogP contribution in [0.4, 0.5) is 0 Å². The lowest BCUT2D eigenvalue weighted by Crippen LogP contribution is -2.21. The zero-order chi connectivity index (χ0) is 23.4. The monoisotopic (exact) mass is 516 g/mol. The summed E-state index contributed by atoms with van der Waals surface area (Å²) in [6.07, 6.45) is 0. The van der Waals surface area contributed by atoms with Crippen molar-refractivity contribution in [2.24, 2.45) is 5.10 Å². The molecule has 0 saturated heterocycles. The number of carbonyl (C=O) groups excluding carboxylic acids is 1. The van der Waals surface area contributed by atoms with Crippen LogP contribution < -0.4 is 5.43 Å². The van der Waals surface area contributed by atoms with E-state index in [0.717, 1.165) is 27.3 Å². The molecule has 0 aliphatic heterocycles. The number of rotatable bonds is 7. The van der Waals surface area contributed by atoms with Gasteiger partial charge in [-0.15, -0.1) is 0 Å². The average molecular weight is 518 g/mol. The number of amides is 1. The van der Waals surface area contributed by atoms with Gasteiger partial charge in [0.1, 0.15) is 0 Å². The van der Waals surface area contributed by atoms with Crippen molar-refractivity contribution in [2.75, 3.05) is 5.75 Å². The van der Waals surface area contributed by atoms with E-state index in [2.05, 4.69) is 15.1 Å². The van der Waals surface area contributed by atoms with Gasteiger partial charge < -0.3 is 4.57 Å². The van der Waals surface area contributed by atoms with Gasteiger partial charge in [-0.25, -0.2) is 10.4 Å². The number of para-hydroxylation sites is 2. The average Bonchev–Trinajstić information content (AvgIpc) is 3.16. The van der Waals surface area contributed by atoms with E-state index in [4.69, 9.17) is 39.8 Å². The van der Waals surface area contributed by atoms with Crippen LogP contribution in [0.3, 0.4) is 0 Å². The van der Waals surface area contributed by atoms with E-state index in [0.29, 0.717) is 27.3 Å². The molecule has 0 saturated carbocycles. The molecule has 1 N–H and O–H groups in total. The van der Waals surface area contributed by atoms with Crippen LogP contribution in [0.5, 0.6) is 0 Å². The zero-order valence-corrected chi connectivity index (χ0v) is 20.6. The number of hydrogen-bond donors (Lipinski definition) is 1. The van der Waals surface area contributed by atoms with E-state index in [-0.39, 0.29) is 11.7 Å². The molecule has 0 bridgehead atoms. The van der Waals surface area contributed by atoms with Gasteiger partial charge in [0, 0.05) is 5.02 Å². The Morgan fingerprint density at radius 3 is 2.55 bits per heavy atom. The molecule has 0 atom stereocenters. The summed E-state index contributed by atoms with van der Waals surface area (Å²) in [5.41, 5.74) is 6.82. The van der Waals surface area contributed by atoms with Crippen molar-refractivity contribution < 1.29 is 4.79 Å². The summed E-state index contributed by atoms with van der Waals surface area (Å²) in [4.78, 5) is 17.2. The van der Waals surface area contributed by atoms with Crippen molar-refractivity contribution >= 4 is 69.2 Å². The summed E-state index contributed by atoms with van der Waals surface area (Å²) >= 11 is 19.7. The lowest BCUT2D eigenvalue weighted by atomic mass is 10.1. The minimum atomic E-state index is -0.240. The van der Waals surface area contributed by atoms with E-state index >= 15 is 0 Å². The predicted molar refractivity (Wildman–Crippen MR) is 138 cm³/mol. The van der Waals surface area contributed by atoms with Gasteiger partial charge in [0.05, 0.1) is 39.1 Å². The standard InChI is InChI=1S/C24H19Cl3N4OS/c1-15(16-10-11-19(26)20(27)12-16)29-30-23(32)14-33-24-28-21-8-4-5-9-22(21)31(24)13-17-6-2-3-7-18(17)25/h2-12H,13-14H2,1H3,(H,30,32)/b29-15-. The quantitative estimate of drug-likeness (QED) is 0.169. The molecule has 0 unspecified atom stereocenters. The normalized spacial score (nSPS) is 11.7. The highest BCUT2D eigenvalue weighted by atomic mass is 35.5. The smallest absolute Gasteiger partial charge is 0.250 e. The van der Waals surface area contributed by atoms with Crippen molar-refractivity contribution in [3.8, 4) is 0 Å². The molecule has 5 nitrogen and oxygen atoms in total. The number of carbonyl (C=O) groups is 1. The number of thioether (sulfide) groups is 1. The molecule has 0 spiro atoms. The number of imidazole rings is 1. The van der Waals surface area contributed by atoms with Crippen LogP contribution in [0.25, 0.3) is 11.0 Å². The van der Waals surface area contributed by atoms with Crippen molar-refractivity contribution in [3.05, 3.63) is 92.9 Å². The van der Waals surface area contributed by atoms with Crippen LogP contribution in [-0.4, -0.2) is 26.9 Å². The molecule has 1 heterocycles. The maximum Gasteiger partial charge on any atom is 0.250 e. The largest absolute Gasteiger partial charge is 0.314 e. The third-order valence-electron chi connectivity index (χ3n) is 4.92. The Kier molecular flexibility index (Phi) is 7.60. The van der Waals surface area contributed by atoms with E-state index in [1.165, 1.54) is 11.8 Å². The van der Waals surface area contributed by atoms with E-state index in [9.17, 15) is 4.79 Å². The third kappa shape index (κ3) is 5.71. The lowest BCUT2D eigenvalue weighted by molar-refractivity contribution is -0.118. The Morgan fingerprint density at radius 2 is 1.76 bits per heavy atom. The van der Waals surface area contributed by atoms with Crippen LogP contribution in [0.2, 0.25) is 15.1 Å². The Balaban J connectivity index is 1.48. The van der Waals surface area contributed by atoms with Gasteiger partial charge in [-0.3, -0.25) is 4.79 Å². The van der Waals surface area contributed by atoms with Gasteiger partial charge in [0.15, 0.2) is 5.16 Å². The van der Waals surface area contributed by atoms with Crippen LogP contribution >= 0.6 is 46.6 Å². The third-order valence-corrected chi connectivity index (χ3v) is 7.01. The summed E-state index contributed by atoms with van der Waals surface area (Å²) in [6.45, 7) is 2.34. The zero-order valence-electron chi connectivity index (χ0n) is 17.6. The number of nitrogens with zero attached hydrogens (tertiary/aromatic N) is 3. The van der Waals surface area contributed by atoms with Gasteiger partial charge >= 0.3 is 0 Å². The second kappa shape index (κ2) is 10.6. The highest BCUT2D eigenvalue weighted by molar-refractivity contribution is 7.99. The second-order valence-corrected chi connectivity index (χ2v) is 9.37. The highest BCUT2D eigenvalue weighted by Gasteiger charge is 2.14. The van der Waals surface area contributed by atoms with Crippen LogP contribution in [0, 0.1) is 0 Å². The Bertz CT molecular complexity index is 1350. The van der Waals surface area contributed by atoms with Gasteiger partial charge in [0.25, 0.3) is 5.91 Å². The van der Waals surface area contributed by atoms with Crippen molar-refractivity contribution in [2.45, 2.75) is 18.6 Å². The number of aromatic nitrogens is 2. The molecular weight excluding hydrogens is 499 g/mol.